The summed E-state index contributed by atoms with van der Waals surface area (Å²) in [4.78, 5) is 9.44. The van der Waals surface area contributed by atoms with Crippen molar-refractivity contribution in [1.82, 2.24) is 9.97 Å². The van der Waals surface area contributed by atoms with Gasteiger partial charge in [0.15, 0.2) is 5.82 Å². The molecule has 6 heteroatoms. The molecule has 0 aliphatic rings. The van der Waals surface area contributed by atoms with E-state index in [9.17, 15) is 0 Å². The van der Waals surface area contributed by atoms with Crippen LogP contribution in [0.3, 0.4) is 0 Å². The zero-order valence-electron chi connectivity index (χ0n) is 14.7. The van der Waals surface area contributed by atoms with E-state index in [-0.39, 0.29) is 0 Å². The largest absolute Gasteiger partial charge is 0.260 e. The third-order valence-corrected chi connectivity index (χ3v) is 4.86. The van der Waals surface area contributed by atoms with Crippen molar-refractivity contribution in [2.24, 2.45) is 5.10 Å². The van der Waals surface area contributed by atoms with Crippen LogP contribution in [-0.2, 0) is 0 Å². The Morgan fingerprint density at radius 3 is 2.29 bits per heavy atom. The van der Waals surface area contributed by atoms with Gasteiger partial charge in [0.25, 0.3) is 0 Å². The topological polar surface area (TPSA) is 74.0 Å². The van der Waals surface area contributed by atoms with Crippen molar-refractivity contribution in [2.75, 3.05) is 5.43 Å². The van der Waals surface area contributed by atoms with Crippen molar-refractivity contribution in [3.63, 3.8) is 0 Å². The Kier molecular flexibility index (Phi) is 5.09. The number of nitrogens with one attached hydrogen (secondary N) is 1. The molecule has 28 heavy (non-hydrogen) atoms. The van der Waals surface area contributed by atoms with Crippen LogP contribution in [0.25, 0.3) is 22.3 Å². The van der Waals surface area contributed by atoms with E-state index in [1.165, 1.54) is 0 Å². The highest BCUT2D eigenvalue weighted by molar-refractivity contribution is 9.10. The van der Waals surface area contributed by atoms with Gasteiger partial charge in [0.05, 0.1) is 28.9 Å². The second-order valence-corrected chi connectivity index (χ2v) is 6.84. The lowest BCUT2D eigenvalue weighted by molar-refractivity contribution is 1.22. The standard InChI is InChI=1S/C22H14BrN5/c23-18-6-2-1-5-17(18)14-25-28-22-21(16-11-9-15(13-24)10-12-16)26-19-7-3-4-8-20(19)27-22/h1-12,14H,(H,27,28)/b25-14+. The Balaban J connectivity index is 1.75. The number of rotatable bonds is 4. The van der Waals surface area contributed by atoms with Crippen molar-refractivity contribution >= 4 is 39.0 Å². The minimum absolute atomic E-state index is 0.548. The predicted molar refractivity (Wildman–Crippen MR) is 115 cm³/mol. The van der Waals surface area contributed by atoms with E-state index in [4.69, 9.17) is 10.2 Å². The van der Waals surface area contributed by atoms with Crippen molar-refractivity contribution in [1.29, 1.82) is 5.26 Å². The summed E-state index contributed by atoms with van der Waals surface area (Å²) in [6.45, 7) is 0. The summed E-state index contributed by atoms with van der Waals surface area (Å²) < 4.78 is 0.956. The number of hydrogen-bond acceptors (Lipinski definition) is 5. The molecule has 0 unspecified atom stereocenters. The number of anilines is 1. The van der Waals surface area contributed by atoms with Gasteiger partial charge in [-0.15, -0.1) is 0 Å². The quantitative estimate of drug-likeness (QED) is 0.350. The van der Waals surface area contributed by atoms with E-state index in [1.807, 2.05) is 60.7 Å². The van der Waals surface area contributed by atoms with Crippen molar-refractivity contribution in [3.05, 3.63) is 88.4 Å². The molecule has 0 saturated heterocycles. The number of benzene rings is 3. The number of halogens is 1. The second kappa shape index (κ2) is 7.99. The molecule has 0 saturated carbocycles. The maximum absolute atomic E-state index is 9.03. The summed E-state index contributed by atoms with van der Waals surface area (Å²) in [7, 11) is 0. The van der Waals surface area contributed by atoms with E-state index in [1.54, 1.807) is 18.3 Å². The van der Waals surface area contributed by atoms with Gasteiger partial charge in [0, 0.05) is 15.6 Å². The van der Waals surface area contributed by atoms with Gasteiger partial charge in [-0.3, -0.25) is 5.43 Å². The molecule has 4 aromatic rings. The third kappa shape index (κ3) is 3.75. The zero-order chi connectivity index (χ0) is 19.3. The molecule has 134 valence electrons. The smallest absolute Gasteiger partial charge is 0.173 e. The van der Waals surface area contributed by atoms with Crippen LogP contribution >= 0.6 is 15.9 Å². The number of nitrogens with zero attached hydrogens (tertiary/aromatic N) is 4. The second-order valence-electron chi connectivity index (χ2n) is 5.99. The van der Waals surface area contributed by atoms with Gasteiger partial charge in [-0.05, 0) is 30.3 Å². The van der Waals surface area contributed by atoms with Gasteiger partial charge in [-0.2, -0.15) is 10.4 Å². The molecule has 0 radical (unpaired) electrons. The summed E-state index contributed by atoms with van der Waals surface area (Å²) in [5, 5.41) is 13.4. The molecule has 5 nitrogen and oxygen atoms in total. The summed E-state index contributed by atoms with van der Waals surface area (Å²) in [6.07, 6.45) is 1.73. The Morgan fingerprint density at radius 2 is 1.57 bits per heavy atom. The minimum Gasteiger partial charge on any atom is -0.260 e. The van der Waals surface area contributed by atoms with E-state index in [0.717, 1.165) is 26.6 Å². The molecule has 0 fully saturated rings. The minimum atomic E-state index is 0.548. The number of fused-ring (bicyclic) bond motifs is 1. The first-order chi connectivity index (χ1) is 13.7. The monoisotopic (exact) mass is 427 g/mol. The lowest BCUT2D eigenvalue weighted by atomic mass is 10.1. The fourth-order valence-corrected chi connectivity index (χ4v) is 3.11. The normalized spacial score (nSPS) is 10.9. The van der Waals surface area contributed by atoms with Gasteiger partial charge in [-0.25, -0.2) is 9.97 Å². The molecule has 1 N–H and O–H groups in total. The Labute approximate surface area is 170 Å². The average Bonchev–Trinajstić information content (AvgIpc) is 2.74. The molecule has 0 spiro atoms. The molecule has 0 bridgehead atoms. The molecule has 1 aromatic heterocycles. The first-order valence-electron chi connectivity index (χ1n) is 8.55. The molecule has 0 amide bonds. The Morgan fingerprint density at radius 1 is 0.893 bits per heavy atom. The Hall–Kier alpha value is -3.56. The zero-order valence-corrected chi connectivity index (χ0v) is 16.3. The van der Waals surface area contributed by atoms with Gasteiger partial charge < -0.3 is 0 Å². The maximum atomic E-state index is 9.03. The van der Waals surface area contributed by atoms with E-state index >= 15 is 0 Å². The number of nitriles is 1. The van der Waals surface area contributed by atoms with E-state index < -0.39 is 0 Å². The van der Waals surface area contributed by atoms with E-state index in [0.29, 0.717) is 17.1 Å². The molecule has 1 heterocycles. The number of aromatic nitrogens is 2. The van der Waals surface area contributed by atoms with Crippen LogP contribution in [0.2, 0.25) is 0 Å². The van der Waals surface area contributed by atoms with Crippen LogP contribution in [0.5, 0.6) is 0 Å². The highest BCUT2D eigenvalue weighted by atomic mass is 79.9. The van der Waals surface area contributed by atoms with Crippen molar-refractivity contribution in [3.8, 4) is 17.3 Å². The summed E-state index contributed by atoms with van der Waals surface area (Å²) in [5.74, 6) is 0.548. The lowest BCUT2D eigenvalue weighted by Gasteiger charge is -2.09. The van der Waals surface area contributed by atoms with Gasteiger partial charge in [-0.1, -0.05) is 58.4 Å². The van der Waals surface area contributed by atoms with Crippen molar-refractivity contribution in [2.45, 2.75) is 0 Å². The number of para-hydroxylation sites is 2. The molecule has 0 aliphatic carbocycles. The van der Waals surface area contributed by atoms with Crippen LogP contribution in [0, 0.1) is 11.3 Å². The summed E-state index contributed by atoms with van der Waals surface area (Å²) >= 11 is 3.51. The van der Waals surface area contributed by atoms with Crippen LogP contribution in [-0.4, -0.2) is 16.2 Å². The van der Waals surface area contributed by atoms with Gasteiger partial charge in [0.2, 0.25) is 0 Å². The molecule has 3 aromatic carbocycles. The summed E-state index contributed by atoms with van der Waals surface area (Å²) in [6, 6.07) is 24.9. The van der Waals surface area contributed by atoms with Crippen LogP contribution < -0.4 is 5.43 Å². The third-order valence-electron chi connectivity index (χ3n) is 4.14. The molecule has 4 rings (SSSR count). The highest BCUT2D eigenvalue weighted by Crippen LogP contribution is 2.27. The number of hydrogen-bond donors (Lipinski definition) is 1. The van der Waals surface area contributed by atoms with Gasteiger partial charge >= 0.3 is 0 Å². The van der Waals surface area contributed by atoms with Crippen LogP contribution in [0.1, 0.15) is 11.1 Å². The lowest BCUT2D eigenvalue weighted by Crippen LogP contribution is -2.00. The predicted octanol–water partition coefficient (Wildman–Crippen LogP) is 5.38. The average molecular weight is 428 g/mol. The number of hydrazone groups is 1. The van der Waals surface area contributed by atoms with Crippen molar-refractivity contribution < 1.29 is 0 Å². The molecule has 0 atom stereocenters. The van der Waals surface area contributed by atoms with Gasteiger partial charge in [0.1, 0.15) is 5.69 Å². The first kappa shape index (κ1) is 17.8. The van der Waals surface area contributed by atoms with Crippen LogP contribution in [0.4, 0.5) is 5.82 Å². The molecular weight excluding hydrogens is 414 g/mol. The Bertz CT molecular complexity index is 1210. The SMILES string of the molecule is N#Cc1ccc(-c2nc3ccccc3nc2N/N=C/c2ccccc2Br)cc1. The van der Waals surface area contributed by atoms with E-state index in [2.05, 4.69) is 37.5 Å². The fourth-order valence-electron chi connectivity index (χ4n) is 2.72. The summed E-state index contributed by atoms with van der Waals surface area (Å²) in [5.41, 5.74) is 7.66. The van der Waals surface area contributed by atoms with Crippen LogP contribution in [0.15, 0.2) is 82.4 Å². The fraction of sp³-hybridized carbons (Fsp3) is 0. The maximum Gasteiger partial charge on any atom is 0.173 e. The first-order valence-corrected chi connectivity index (χ1v) is 9.35. The highest BCUT2D eigenvalue weighted by Gasteiger charge is 2.11. The molecular formula is C22H14BrN5. The molecule has 0 aliphatic heterocycles.